The summed E-state index contributed by atoms with van der Waals surface area (Å²) >= 11 is 0. The predicted octanol–water partition coefficient (Wildman–Crippen LogP) is 2.23. The van der Waals surface area contributed by atoms with E-state index in [1.807, 2.05) is 20.0 Å². The molecule has 16 heavy (non-hydrogen) atoms. The largest absolute Gasteiger partial charge is 0.289 e. The molecule has 0 spiro atoms. The first-order chi connectivity index (χ1) is 7.58. The first-order valence-corrected chi connectivity index (χ1v) is 5.12. The van der Waals surface area contributed by atoms with Gasteiger partial charge in [-0.25, -0.2) is 9.37 Å². The van der Waals surface area contributed by atoms with E-state index >= 15 is 0 Å². The normalized spacial score (nSPS) is 11.1. The van der Waals surface area contributed by atoms with Gasteiger partial charge >= 0.3 is 0 Å². The van der Waals surface area contributed by atoms with Gasteiger partial charge in [-0.15, -0.1) is 5.10 Å². The standard InChI is InChI=1S/C11H13FN4/c1-7(2)10-5-16(6-13-10)11-4-9(12)8(3)14-15-11/h4-7H,1-3H3. The highest BCUT2D eigenvalue weighted by Gasteiger charge is 2.07. The maximum Gasteiger partial charge on any atom is 0.163 e. The summed E-state index contributed by atoms with van der Waals surface area (Å²) in [5.41, 5.74) is 1.25. The van der Waals surface area contributed by atoms with Crippen LogP contribution in [-0.2, 0) is 0 Å². The topological polar surface area (TPSA) is 43.6 Å². The average molecular weight is 220 g/mol. The number of rotatable bonds is 2. The van der Waals surface area contributed by atoms with Gasteiger partial charge in [-0.1, -0.05) is 13.8 Å². The van der Waals surface area contributed by atoms with Crippen molar-refractivity contribution in [3.63, 3.8) is 0 Å². The molecule has 0 aliphatic rings. The van der Waals surface area contributed by atoms with Gasteiger partial charge in [0.15, 0.2) is 5.82 Å². The van der Waals surface area contributed by atoms with Gasteiger partial charge in [0.1, 0.15) is 12.1 Å². The molecule has 2 heterocycles. The molecule has 0 amide bonds. The van der Waals surface area contributed by atoms with E-state index < -0.39 is 0 Å². The number of halogens is 1. The van der Waals surface area contributed by atoms with Crippen LogP contribution in [0.25, 0.3) is 5.82 Å². The molecule has 0 saturated heterocycles. The Morgan fingerprint density at radius 1 is 1.31 bits per heavy atom. The molecule has 0 fully saturated rings. The lowest BCUT2D eigenvalue weighted by molar-refractivity contribution is 0.598. The first kappa shape index (κ1) is 10.7. The fourth-order valence-corrected chi connectivity index (χ4v) is 1.31. The number of nitrogens with zero attached hydrogens (tertiary/aromatic N) is 4. The summed E-state index contributed by atoms with van der Waals surface area (Å²) in [6.45, 7) is 5.68. The van der Waals surface area contributed by atoms with Crippen molar-refractivity contribution in [2.24, 2.45) is 0 Å². The van der Waals surface area contributed by atoms with E-state index in [2.05, 4.69) is 15.2 Å². The van der Waals surface area contributed by atoms with E-state index in [0.717, 1.165) is 5.69 Å². The Bertz CT molecular complexity index is 504. The average Bonchev–Trinajstić information content (AvgIpc) is 2.71. The minimum Gasteiger partial charge on any atom is -0.289 e. The van der Waals surface area contributed by atoms with Crippen LogP contribution in [0, 0.1) is 12.7 Å². The van der Waals surface area contributed by atoms with Crippen molar-refractivity contribution in [2.45, 2.75) is 26.7 Å². The molecule has 5 heteroatoms. The summed E-state index contributed by atoms with van der Waals surface area (Å²) in [6, 6.07) is 1.36. The van der Waals surface area contributed by atoms with Gasteiger partial charge in [0, 0.05) is 12.3 Å². The minimum absolute atomic E-state index is 0.299. The number of imidazole rings is 1. The summed E-state index contributed by atoms with van der Waals surface area (Å²) in [5.74, 6) is 0.428. The van der Waals surface area contributed by atoms with Crippen molar-refractivity contribution < 1.29 is 4.39 Å². The van der Waals surface area contributed by atoms with Crippen molar-refractivity contribution in [1.29, 1.82) is 0 Å². The zero-order chi connectivity index (χ0) is 11.7. The molecule has 2 aromatic heterocycles. The summed E-state index contributed by atoms with van der Waals surface area (Å²) in [6.07, 6.45) is 3.46. The molecule has 2 rings (SSSR count). The molecule has 0 aromatic carbocycles. The van der Waals surface area contributed by atoms with Crippen LogP contribution in [0.5, 0.6) is 0 Å². The van der Waals surface area contributed by atoms with Crippen LogP contribution in [0.15, 0.2) is 18.6 Å². The number of aromatic nitrogens is 4. The summed E-state index contributed by atoms with van der Waals surface area (Å²) < 4.78 is 15.0. The third-order valence-corrected chi connectivity index (χ3v) is 2.36. The van der Waals surface area contributed by atoms with E-state index in [1.165, 1.54) is 6.07 Å². The molecular weight excluding hydrogens is 207 g/mol. The van der Waals surface area contributed by atoms with Crippen molar-refractivity contribution in [1.82, 2.24) is 19.7 Å². The zero-order valence-corrected chi connectivity index (χ0v) is 9.48. The Labute approximate surface area is 93.2 Å². The van der Waals surface area contributed by atoms with Crippen molar-refractivity contribution in [3.05, 3.63) is 35.8 Å². The molecule has 0 N–H and O–H groups in total. The van der Waals surface area contributed by atoms with Crippen molar-refractivity contribution >= 4 is 0 Å². The van der Waals surface area contributed by atoms with Crippen LogP contribution in [0.4, 0.5) is 4.39 Å². The molecule has 0 aliphatic carbocycles. The van der Waals surface area contributed by atoms with Gasteiger partial charge in [0.2, 0.25) is 0 Å². The molecule has 0 aliphatic heterocycles. The van der Waals surface area contributed by atoms with Crippen LogP contribution in [-0.4, -0.2) is 19.7 Å². The Hall–Kier alpha value is -1.78. The van der Waals surface area contributed by atoms with Gasteiger partial charge in [-0.3, -0.25) is 4.57 Å². The molecule has 84 valence electrons. The maximum absolute atomic E-state index is 13.3. The van der Waals surface area contributed by atoms with E-state index in [9.17, 15) is 4.39 Å². The SMILES string of the molecule is Cc1nnc(-n2cnc(C(C)C)c2)cc1F. The van der Waals surface area contributed by atoms with Gasteiger partial charge in [0.25, 0.3) is 0 Å². The summed E-state index contributed by atoms with van der Waals surface area (Å²) in [4.78, 5) is 4.22. The van der Waals surface area contributed by atoms with E-state index in [0.29, 0.717) is 17.4 Å². The second kappa shape index (κ2) is 4.00. The van der Waals surface area contributed by atoms with E-state index in [1.54, 1.807) is 17.8 Å². The van der Waals surface area contributed by atoms with Gasteiger partial charge in [0.05, 0.1) is 11.4 Å². The third kappa shape index (κ3) is 1.93. The second-order valence-corrected chi connectivity index (χ2v) is 4.00. The molecule has 2 aromatic rings. The Kier molecular flexibility index (Phi) is 2.68. The monoisotopic (exact) mass is 220 g/mol. The minimum atomic E-state index is -0.357. The number of hydrogen-bond acceptors (Lipinski definition) is 3. The highest BCUT2D eigenvalue weighted by molar-refractivity contribution is 5.24. The van der Waals surface area contributed by atoms with Crippen LogP contribution in [0.3, 0.4) is 0 Å². The Morgan fingerprint density at radius 3 is 2.62 bits per heavy atom. The molecular formula is C11H13FN4. The molecule has 0 radical (unpaired) electrons. The number of aryl methyl sites for hydroxylation is 1. The molecule has 4 nitrogen and oxygen atoms in total. The zero-order valence-electron chi connectivity index (χ0n) is 9.48. The molecule has 0 saturated carbocycles. The highest BCUT2D eigenvalue weighted by atomic mass is 19.1. The smallest absolute Gasteiger partial charge is 0.163 e. The van der Waals surface area contributed by atoms with Gasteiger partial charge < -0.3 is 0 Å². The summed E-state index contributed by atoms with van der Waals surface area (Å²) in [7, 11) is 0. The molecule has 0 bridgehead atoms. The quantitative estimate of drug-likeness (QED) is 0.779. The van der Waals surface area contributed by atoms with Gasteiger partial charge in [-0.2, -0.15) is 5.10 Å². The lowest BCUT2D eigenvalue weighted by Crippen LogP contribution is -2.00. The van der Waals surface area contributed by atoms with Crippen LogP contribution in [0.2, 0.25) is 0 Å². The second-order valence-electron chi connectivity index (χ2n) is 4.00. The van der Waals surface area contributed by atoms with Gasteiger partial charge in [-0.05, 0) is 12.8 Å². The lowest BCUT2D eigenvalue weighted by Gasteiger charge is -2.01. The maximum atomic E-state index is 13.3. The van der Waals surface area contributed by atoms with Crippen LogP contribution >= 0.6 is 0 Å². The van der Waals surface area contributed by atoms with Crippen LogP contribution < -0.4 is 0 Å². The summed E-state index contributed by atoms with van der Waals surface area (Å²) in [5, 5.41) is 7.65. The van der Waals surface area contributed by atoms with Crippen molar-refractivity contribution in [2.75, 3.05) is 0 Å². The predicted molar refractivity (Wildman–Crippen MR) is 57.9 cm³/mol. The molecule has 0 atom stereocenters. The fourth-order valence-electron chi connectivity index (χ4n) is 1.31. The molecule has 0 unspecified atom stereocenters. The Balaban J connectivity index is 2.39. The first-order valence-electron chi connectivity index (χ1n) is 5.12. The third-order valence-electron chi connectivity index (χ3n) is 2.36. The Morgan fingerprint density at radius 2 is 2.06 bits per heavy atom. The fraction of sp³-hybridized carbons (Fsp3) is 0.364. The van der Waals surface area contributed by atoms with Crippen LogP contribution in [0.1, 0.15) is 31.2 Å². The number of hydrogen-bond donors (Lipinski definition) is 0. The van der Waals surface area contributed by atoms with E-state index in [-0.39, 0.29) is 5.82 Å². The van der Waals surface area contributed by atoms with E-state index in [4.69, 9.17) is 0 Å². The van der Waals surface area contributed by atoms with Crippen molar-refractivity contribution in [3.8, 4) is 5.82 Å². The lowest BCUT2D eigenvalue weighted by atomic mass is 10.2. The highest BCUT2D eigenvalue weighted by Crippen LogP contribution is 2.14.